The summed E-state index contributed by atoms with van der Waals surface area (Å²) in [5.41, 5.74) is 2.72. The molecule has 3 aromatic carbocycles. The maximum absolute atomic E-state index is 13.9. The van der Waals surface area contributed by atoms with Gasteiger partial charge < -0.3 is 20.0 Å². The van der Waals surface area contributed by atoms with Crippen LogP contribution >= 0.6 is 0 Å². The fraction of sp³-hybridized carbons (Fsp3) is 0.310. The molecule has 11 heteroatoms. The fourth-order valence-electron chi connectivity index (χ4n) is 5.06. The van der Waals surface area contributed by atoms with E-state index in [0.29, 0.717) is 31.9 Å². The van der Waals surface area contributed by atoms with E-state index in [0.717, 1.165) is 27.7 Å². The van der Waals surface area contributed by atoms with Crippen LogP contribution in [0.4, 0.5) is 20.6 Å². The number of nitrogens with zero attached hydrogens (tertiary/aromatic N) is 4. The Morgan fingerprint density at radius 2 is 1.43 bits per heavy atom. The van der Waals surface area contributed by atoms with Crippen LogP contribution in [0, 0.1) is 12.7 Å². The van der Waals surface area contributed by atoms with Crippen molar-refractivity contribution in [2.45, 2.75) is 17.9 Å². The summed E-state index contributed by atoms with van der Waals surface area (Å²) < 4.78 is 42.0. The number of carbonyl (C=O) groups excluding carboxylic acids is 2. The number of urea groups is 1. The van der Waals surface area contributed by atoms with Crippen LogP contribution in [0.5, 0.6) is 0 Å². The Balaban J connectivity index is 1.36. The van der Waals surface area contributed by atoms with Gasteiger partial charge in [0.05, 0.1) is 4.90 Å². The maximum atomic E-state index is 13.9. The van der Waals surface area contributed by atoms with Gasteiger partial charge in [0, 0.05) is 57.2 Å². The molecule has 40 heavy (non-hydrogen) atoms. The average Bonchev–Trinajstić information content (AvgIpc) is 2.98. The molecule has 0 saturated carbocycles. The number of para-hydroxylation sites is 1. The molecular formula is C29H32FN5O4S. The van der Waals surface area contributed by atoms with E-state index in [2.05, 4.69) is 10.2 Å². The van der Waals surface area contributed by atoms with Crippen molar-refractivity contribution in [2.24, 2.45) is 0 Å². The van der Waals surface area contributed by atoms with E-state index in [1.807, 2.05) is 49.4 Å². The highest BCUT2D eigenvalue weighted by Crippen LogP contribution is 2.25. The third kappa shape index (κ3) is 5.95. The number of hydrogen-bond donors (Lipinski definition) is 1. The molecule has 2 aliphatic rings. The third-order valence-corrected chi connectivity index (χ3v) is 9.26. The molecule has 1 N–H and O–H groups in total. The Kier molecular flexibility index (Phi) is 8.04. The molecule has 2 heterocycles. The van der Waals surface area contributed by atoms with Gasteiger partial charge in [0.15, 0.2) is 0 Å². The SMILES string of the molecule is Cc1ccc(NC(=O)N2CCN(S(=O)(=O)c3ccc(F)cc3)C(C(=O)N3CCN(c4ccccc4)CC3)C2)cc1. The van der Waals surface area contributed by atoms with Gasteiger partial charge in [-0.05, 0) is 55.5 Å². The van der Waals surface area contributed by atoms with Crippen molar-refractivity contribution in [3.05, 3.63) is 90.2 Å². The van der Waals surface area contributed by atoms with Gasteiger partial charge in [-0.25, -0.2) is 17.6 Å². The van der Waals surface area contributed by atoms with Gasteiger partial charge in [-0.15, -0.1) is 0 Å². The number of sulfonamides is 1. The second-order valence-electron chi connectivity index (χ2n) is 9.98. The Bertz CT molecular complexity index is 1440. The Hall–Kier alpha value is -3.96. The highest BCUT2D eigenvalue weighted by molar-refractivity contribution is 7.89. The van der Waals surface area contributed by atoms with E-state index in [1.54, 1.807) is 17.0 Å². The standard InChI is InChI=1S/C29H32FN5O4S/c1-22-7-11-24(12-8-22)31-29(37)34-19-20-35(40(38,39)26-13-9-23(30)10-14-26)27(21-34)28(36)33-17-15-32(16-18-33)25-5-3-2-4-6-25/h2-14,27H,15-21H2,1H3,(H,31,37). The molecule has 1 atom stereocenters. The first-order valence-corrected chi connectivity index (χ1v) is 14.7. The van der Waals surface area contributed by atoms with Crippen molar-refractivity contribution in [3.63, 3.8) is 0 Å². The predicted molar refractivity (Wildman–Crippen MR) is 151 cm³/mol. The number of halogens is 1. The molecule has 2 fully saturated rings. The molecule has 210 valence electrons. The molecule has 5 rings (SSSR count). The highest BCUT2D eigenvalue weighted by Gasteiger charge is 2.43. The lowest BCUT2D eigenvalue weighted by atomic mass is 10.1. The summed E-state index contributed by atoms with van der Waals surface area (Å²) in [7, 11) is -4.13. The van der Waals surface area contributed by atoms with E-state index in [-0.39, 0.29) is 30.4 Å². The molecule has 2 saturated heterocycles. The monoisotopic (exact) mass is 565 g/mol. The number of nitrogens with one attached hydrogen (secondary N) is 1. The summed E-state index contributed by atoms with van der Waals surface area (Å²) in [6.45, 7) is 3.92. The van der Waals surface area contributed by atoms with Gasteiger partial charge in [0.2, 0.25) is 15.9 Å². The Morgan fingerprint density at radius 3 is 2.08 bits per heavy atom. The van der Waals surface area contributed by atoms with Crippen molar-refractivity contribution in [1.82, 2.24) is 14.1 Å². The van der Waals surface area contributed by atoms with Gasteiger partial charge in [0.1, 0.15) is 11.9 Å². The Labute approximate surface area is 233 Å². The van der Waals surface area contributed by atoms with Crippen LogP contribution < -0.4 is 10.2 Å². The molecule has 0 bridgehead atoms. The summed E-state index contributed by atoms with van der Waals surface area (Å²) in [6.07, 6.45) is 0. The van der Waals surface area contributed by atoms with Crippen molar-refractivity contribution in [2.75, 3.05) is 56.0 Å². The zero-order chi connectivity index (χ0) is 28.3. The average molecular weight is 566 g/mol. The van der Waals surface area contributed by atoms with Crippen LogP contribution in [-0.2, 0) is 14.8 Å². The fourth-order valence-corrected chi connectivity index (χ4v) is 6.62. The van der Waals surface area contributed by atoms with Crippen LogP contribution in [0.3, 0.4) is 0 Å². The lowest BCUT2D eigenvalue weighted by Gasteiger charge is -2.43. The van der Waals surface area contributed by atoms with E-state index < -0.39 is 27.9 Å². The first kappa shape index (κ1) is 27.6. The van der Waals surface area contributed by atoms with Crippen LogP contribution in [-0.4, -0.2) is 86.3 Å². The number of aryl methyl sites for hydroxylation is 1. The molecule has 0 radical (unpaired) electrons. The zero-order valence-corrected chi connectivity index (χ0v) is 23.1. The summed E-state index contributed by atoms with van der Waals surface area (Å²) >= 11 is 0. The number of piperazine rings is 2. The van der Waals surface area contributed by atoms with E-state index in [4.69, 9.17) is 0 Å². The lowest BCUT2D eigenvalue weighted by Crippen LogP contribution is -2.63. The van der Waals surface area contributed by atoms with Gasteiger partial charge in [0.25, 0.3) is 0 Å². The first-order chi connectivity index (χ1) is 19.2. The minimum Gasteiger partial charge on any atom is -0.368 e. The smallest absolute Gasteiger partial charge is 0.321 e. The van der Waals surface area contributed by atoms with Gasteiger partial charge in [-0.2, -0.15) is 4.31 Å². The van der Waals surface area contributed by atoms with E-state index in [1.165, 1.54) is 17.0 Å². The Morgan fingerprint density at radius 1 is 0.800 bits per heavy atom. The summed E-state index contributed by atoms with van der Waals surface area (Å²) in [5.74, 6) is -0.910. The molecule has 0 aliphatic carbocycles. The first-order valence-electron chi connectivity index (χ1n) is 13.2. The van der Waals surface area contributed by atoms with Crippen LogP contribution in [0.1, 0.15) is 5.56 Å². The molecule has 3 aromatic rings. The van der Waals surface area contributed by atoms with Crippen LogP contribution in [0.15, 0.2) is 83.8 Å². The van der Waals surface area contributed by atoms with Crippen LogP contribution in [0.2, 0.25) is 0 Å². The second kappa shape index (κ2) is 11.6. The predicted octanol–water partition coefficient (Wildman–Crippen LogP) is 3.39. The summed E-state index contributed by atoms with van der Waals surface area (Å²) in [4.78, 5) is 32.2. The van der Waals surface area contributed by atoms with Crippen LogP contribution in [0.25, 0.3) is 0 Å². The molecule has 0 spiro atoms. The molecule has 1 unspecified atom stereocenters. The van der Waals surface area contributed by atoms with Gasteiger partial charge in [-0.3, -0.25) is 4.79 Å². The van der Waals surface area contributed by atoms with Gasteiger partial charge >= 0.3 is 6.03 Å². The molecule has 0 aromatic heterocycles. The third-order valence-electron chi connectivity index (χ3n) is 7.34. The molecule has 2 aliphatic heterocycles. The number of hydrogen-bond acceptors (Lipinski definition) is 5. The van der Waals surface area contributed by atoms with Crippen molar-refractivity contribution >= 4 is 33.3 Å². The van der Waals surface area contributed by atoms with Crippen molar-refractivity contribution in [3.8, 4) is 0 Å². The van der Waals surface area contributed by atoms with Crippen molar-refractivity contribution in [1.29, 1.82) is 0 Å². The molecule has 9 nitrogen and oxygen atoms in total. The second-order valence-corrected chi connectivity index (χ2v) is 11.9. The largest absolute Gasteiger partial charge is 0.368 e. The van der Waals surface area contributed by atoms with E-state index in [9.17, 15) is 22.4 Å². The van der Waals surface area contributed by atoms with Gasteiger partial charge in [-0.1, -0.05) is 35.9 Å². The summed E-state index contributed by atoms with van der Waals surface area (Å²) in [6, 6.07) is 20.3. The zero-order valence-electron chi connectivity index (χ0n) is 22.2. The minimum atomic E-state index is -4.13. The normalized spacial score (nSPS) is 18.4. The highest BCUT2D eigenvalue weighted by atomic mass is 32.2. The number of amides is 3. The number of benzene rings is 3. The van der Waals surface area contributed by atoms with Crippen molar-refractivity contribution < 1.29 is 22.4 Å². The number of anilines is 2. The number of carbonyl (C=O) groups is 2. The quantitative estimate of drug-likeness (QED) is 0.512. The lowest BCUT2D eigenvalue weighted by molar-refractivity contribution is -0.137. The van der Waals surface area contributed by atoms with E-state index >= 15 is 0 Å². The molecular weight excluding hydrogens is 533 g/mol. The molecule has 3 amide bonds. The summed E-state index contributed by atoms with van der Waals surface area (Å²) in [5, 5.41) is 2.84. The number of rotatable bonds is 5. The minimum absolute atomic E-state index is 0.0680. The maximum Gasteiger partial charge on any atom is 0.321 e. The topological polar surface area (TPSA) is 93.3 Å².